The summed E-state index contributed by atoms with van der Waals surface area (Å²) in [6.45, 7) is 0. The predicted molar refractivity (Wildman–Crippen MR) is 115 cm³/mol. The number of hydrogen-bond acceptors (Lipinski definition) is 6. The number of halogens is 2. The van der Waals surface area contributed by atoms with Crippen LogP contribution in [0.4, 0.5) is 20.3 Å². The van der Waals surface area contributed by atoms with Crippen molar-refractivity contribution >= 4 is 29.2 Å². The highest BCUT2D eigenvalue weighted by Gasteiger charge is 2.38. The van der Waals surface area contributed by atoms with Crippen molar-refractivity contribution in [3.8, 4) is 11.5 Å². The van der Waals surface area contributed by atoms with Gasteiger partial charge in [-0.25, -0.2) is 13.8 Å². The number of nitrogens with zero attached hydrogens (tertiary/aromatic N) is 1. The summed E-state index contributed by atoms with van der Waals surface area (Å²) in [5.41, 5.74) is 15.9. The molecule has 1 aromatic heterocycles. The highest BCUT2D eigenvalue weighted by atomic mass is 19.1. The highest BCUT2D eigenvalue weighted by molar-refractivity contribution is 6.10. The molecule has 0 fully saturated rings. The summed E-state index contributed by atoms with van der Waals surface area (Å²) in [6, 6.07) is 11.8. The summed E-state index contributed by atoms with van der Waals surface area (Å²) < 4.78 is 34.4. The zero-order valence-corrected chi connectivity index (χ0v) is 17.0. The van der Waals surface area contributed by atoms with Gasteiger partial charge in [-0.2, -0.15) is 0 Å². The summed E-state index contributed by atoms with van der Waals surface area (Å²) in [4.78, 5) is 40.6. The van der Waals surface area contributed by atoms with Crippen LogP contribution in [-0.4, -0.2) is 22.7 Å². The van der Waals surface area contributed by atoms with Crippen LogP contribution in [0.3, 0.4) is 0 Å². The van der Waals surface area contributed by atoms with Gasteiger partial charge in [0.05, 0.1) is 11.6 Å². The summed E-state index contributed by atoms with van der Waals surface area (Å²) in [5.74, 6) is -8.85. The molecule has 9 nitrogen and oxygen atoms in total. The Morgan fingerprint density at radius 3 is 2.24 bits per heavy atom. The molecule has 0 aliphatic heterocycles. The number of carbonyl (C=O) groups is 3. The molecule has 2 atom stereocenters. The number of primary amides is 2. The van der Waals surface area contributed by atoms with Crippen molar-refractivity contribution in [2.45, 2.75) is 5.92 Å². The van der Waals surface area contributed by atoms with E-state index < -0.39 is 52.6 Å². The van der Waals surface area contributed by atoms with Crippen molar-refractivity contribution in [3.63, 3.8) is 0 Å². The SMILES string of the molecule is NC(=O)C(C(=O)Nc1cc(F)c(Oc2ccnc(N)c2)cc1F)C(C(N)=O)c1ccccc1. The molecular weight excluding hydrogens is 436 g/mol. The monoisotopic (exact) mass is 455 g/mol. The number of ether oxygens (including phenoxy) is 1. The van der Waals surface area contributed by atoms with E-state index in [2.05, 4.69) is 10.3 Å². The van der Waals surface area contributed by atoms with Crippen LogP contribution < -0.4 is 27.3 Å². The molecule has 2 aromatic carbocycles. The Kier molecular flexibility index (Phi) is 6.82. The summed E-state index contributed by atoms with van der Waals surface area (Å²) in [6.07, 6.45) is 1.32. The second-order valence-corrected chi connectivity index (χ2v) is 6.94. The van der Waals surface area contributed by atoms with Gasteiger partial charge in [0.2, 0.25) is 17.7 Å². The Morgan fingerprint density at radius 1 is 0.939 bits per heavy atom. The molecule has 0 spiro atoms. The van der Waals surface area contributed by atoms with Gasteiger partial charge in [-0.05, 0) is 11.6 Å². The lowest BCUT2D eigenvalue weighted by Crippen LogP contribution is -2.43. The maximum absolute atomic E-state index is 14.6. The van der Waals surface area contributed by atoms with Gasteiger partial charge in [0.25, 0.3) is 0 Å². The van der Waals surface area contributed by atoms with Crippen LogP contribution in [0.5, 0.6) is 11.5 Å². The van der Waals surface area contributed by atoms with Crippen LogP contribution in [0.15, 0.2) is 60.8 Å². The van der Waals surface area contributed by atoms with Crippen LogP contribution >= 0.6 is 0 Å². The number of amides is 3. The van der Waals surface area contributed by atoms with E-state index in [0.29, 0.717) is 12.1 Å². The first kappa shape index (κ1) is 23.1. The first-order chi connectivity index (χ1) is 15.7. The van der Waals surface area contributed by atoms with Crippen LogP contribution in [0, 0.1) is 17.6 Å². The van der Waals surface area contributed by atoms with Crippen LogP contribution in [0.2, 0.25) is 0 Å². The normalized spacial score (nSPS) is 12.4. The number of pyridine rings is 1. The van der Waals surface area contributed by atoms with E-state index in [4.69, 9.17) is 21.9 Å². The molecule has 33 heavy (non-hydrogen) atoms. The molecule has 0 saturated carbocycles. The Labute approximate surface area is 186 Å². The van der Waals surface area contributed by atoms with E-state index in [9.17, 15) is 23.2 Å². The Bertz CT molecular complexity index is 1210. The topological polar surface area (TPSA) is 163 Å². The number of benzene rings is 2. The Hall–Kier alpha value is -4.54. The lowest BCUT2D eigenvalue weighted by molar-refractivity contribution is -0.135. The van der Waals surface area contributed by atoms with Crippen molar-refractivity contribution in [1.29, 1.82) is 0 Å². The molecule has 0 aliphatic carbocycles. The van der Waals surface area contributed by atoms with Gasteiger partial charge in [-0.1, -0.05) is 30.3 Å². The zero-order chi connectivity index (χ0) is 24.1. The number of nitrogen functional groups attached to an aromatic ring is 1. The number of rotatable bonds is 8. The number of carbonyl (C=O) groups excluding carboxylic acids is 3. The van der Waals surface area contributed by atoms with Crippen LogP contribution in [-0.2, 0) is 14.4 Å². The third-order valence-electron chi connectivity index (χ3n) is 4.65. The number of aromatic nitrogens is 1. The molecule has 1 heterocycles. The number of nitrogens with one attached hydrogen (secondary N) is 1. The van der Waals surface area contributed by atoms with Gasteiger partial charge >= 0.3 is 0 Å². The van der Waals surface area contributed by atoms with Gasteiger partial charge < -0.3 is 27.3 Å². The van der Waals surface area contributed by atoms with Crippen molar-refractivity contribution in [3.05, 3.63) is 78.0 Å². The van der Waals surface area contributed by atoms with Crippen LogP contribution in [0.25, 0.3) is 0 Å². The standard InChI is InChI=1S/C22H19F2N5O4/c23-13-10-16(33-12-6-7-28-17(25)8-12)14(24)9-15(13)29-22(32)19(21(27)31)18(20(26)30)11-4-2-1-3-5-11/h1-10,18-19H,(H2,25,28)(H2,26,30)(H2,27,31)(H,29,32). The van der Waals surface area contributed by atoms with E-state index in [0.717, 1.165) is 0 Å². The molecular formula is C22H19F2N5O4. The molecule has 3 rings (SSSR count). The first-order valence-electron chi connectivity index (χ1n) is 9.50. The maximum atomic E-state index is 14.6. The fourth-order valence-electron chi connectivity index (χ4n) is 3.16. The van der Waals surface area contributed by atoms with Gasteiger partial charge in [-0.15, -0.1) is 0 Å². The van der Waals surface area contributed by atoms with Gasteiger partial charge in [0.15, 0.2) is 17.4 Å². The highest BCUT2D eigenvalue weighted by Crippen LogP contribution is 2.31. The van der Waals surface area contributed by atoms with E-state index in [1.54, 1.807) is 18.2 Å². The molecule has 7 N–H and O–H groups in total. The molecule has 3 amide bonds. The molecule has 0 radical (unpaired) electrons. The minimum absolute atomic E-state index is 0.108. The minimum Gasteiger partial charge on any atom is -0.454 e. The van der Waals surface area contributed by atoms with Gasteiger partial charge in [0, 0.05) is 24.4 Å². The molecule has 0 bridgehead atoms. The molecule has 3 aromatic rings. The average Bonchev–Trinajstić information content (AvgIpc) is 2.75. The smallest absolute Gasteiger partial charge is 0.238 e. The first-order valence-corrected chi connectivity index (χ1v) is 9.50. The van der Waals surface area contributed by atoms with E-state index in [1.807, 2.05) is 0 Å². The molecule has 2 unspecified atom stereocenters. The largest absolute Gasteiger partial charge is 0.454 e. The third-order valence-corrected chi connectivity index (χ3v) is 4.65. The van der Waals surface area contributed by atoms with Gasteiger partial charge in [0.1, 0.15) is 17.5 Å². The lowest BCUT2D eigenvalue weighted by Gasteiger charge is -2.22. The molecule has 0 aliphatic rings. The Morgan fingerprint density at radius 2 is 1.64 bits per heavy atom. The fourth-order valence-corrected chi connectivity index (χ4v) is 3.16. The van der Waals surface area contributed by atoms with E-state index in [-0.39, 0.29) is 17.1 Å². The Balaban J connectivity index is 1.87. The summed E-state index contributed by atoms with van der Waals surface area (Å²) in [7, 11) is 0. The van der Waals surface area contributed by atoms with E-state index >= 15 is 0 Å². The van der Waals surface area contributed by atoms with E-state index in [1.165, 1.54) is 30.5 Å². The third kappa shape index (κ3) is 5.39. The lowest BCUT2D eigenvalue weighted by atomic mass is 9.84. The molecule has 11 heteroatoms. The number of anilines is 2. The zero-order valence-electron chi connectivity index (χ0n) is 17.0. The van der Waals surface area contributed by atoms with Crippen molar-refractivity contribution in [1.82, 2.24) is 4.98 Å². The molecule has 0 saturated heterocycles. The average molecular weight is 455 g/mol. The second kappa shape index (κ2) is 9.73. The number of hydrogen-bond donors (Lipinski definition) is 4. The second-order valence-electron chi connectivity index (χ2n) is 6.94. The number of nitrogens with two attached hydrogens (primary N) is 3. The summed E-state index contributed by atoms with van der Waals surface area (Å²) >= 11 is 0. The maximum Gasteiger partial charge on any atom is 0.238 e. The van der Waals surface area contributed by atoms with Gasteiger partial charge in [-0.3, -0.25) is 14.4 Å². The van der Waals surface area contributed by atoms with Crippen molar-refractivity contribution in [2.75, 3.05) is 11.1 Å². The molecule has 170 valence electrons. The summed E-state index contributed by atoms with van der Waals surface area (Å²) in [5, 5.41) is 2.09. The predicted octanol–water partition coefficient (Wildman–Crippen LogP) is 2.04. The van der Waals surface area contributed by atoms with Crippen molar-refractivity contribution < 1.29 is 27.9 Å². The minimum atomic E-state index is -1.77. The quantitative estimate of drug-likeness (QED) is 0.380. The van der Waals surface area contributed by atoms with Crippen LogP contribution in [0.1, 0.15) is 11.5 Å². The van der Waals surface area contributed by atoms with Crippen molar-refractivity contribution in [2.24, 2.45) is 17.4 Å². The fraction of sp³-hybridized carbons (Fsp3) is 0.0909.